The van der Waals surface area contributed by atoms with E-state index in [2.05, 4.69) is 23.3 Å². The molecule has 0 rings (SSSR count). The number of hydrogen-bond acceptors (Lipinski definition) is 4. The summed E-state index contributed by atoms with van der Waals surface area (Å²) in [6, 6.07) is 0. The molecule has 0 aliphatic heterocycles. The quantitative estimate of drug-likeness (QED) is 0.681. The number of ether oxygens (including phenoxy) is 2. The van der Waals surface area contributed by atoms with E-state index in [0.717, 1.165) is 0 Å². The minimum Gasteiger partial charge on any atom is -0.847 e. The summed E-state index contributed by atoms with van der Waals surface area (Å²) in [5.41, 5.74) is 0. The van der Waals surface area contributed by atoms with Crippen LogP contribution in [0.4, 0.5) is 0 Å². The van der Waals surface area contributed by atoms with E-state index in [1.165, 1.54) is 7.11 Å². The molecule has 0 aromatic rings. The van der Waals surface area contributed by atoms with Crippen LogP contribution < -0.4 is 5.11 Å². The molecular weight excluding hydrogens is 273 g/mol. The van der Waals surface area contributed by atoms with E-state index in [1.54, 1.807) is 7.11 Å². The second kappa shape index (κ2) is 17.1. The number of aliphatic hydroxyl groups excluding tert-OH is 1. The van der Waals surface area contributed by atoms with Crippen molar-refractivity contribution in [3.63, 3.8) is 0 Å². The molecule has 2 atom stereocenters. The Morgan fingerprint density at radius 3 is 1.87 bits per heavy atom. The average Bonchev–Trinajstić information content (AvgIpc) is 2.19. The first-order valence-electron chi connectivity index (χ1n) is 4.49. The molecule has 0 spiro atoms. The van der Waals surface area contributed by atoms with Crippen LogP contribution in [0.25, 0.3) is 0 Å². The molecule has 0 aliphatic rings. The van der Waals surface area contributed by atoms with Crippen molar-refractivity contribution >= 4 is 0 Å². The zero-order valence-corrected chi connectivity index (χ0v) is 12.5. The Kier molecular flexibility index (Phi) is 23.9. The van der Waals surface area contributed by atoms with Gasteiger partial charge in [0.25, 0.3) is 0 Å². The summed E-state index contributed by atoms with van der Waals surface area (Å²) < 4.78 is 9.21. The molecule has 5 heteroatoms. The van der Waals surface area contributed by atoms with Crippen molar-refractivity contribution in [2.45, 2.75) is 12.5 Å². The predicted molar refractivity (Wildman–Crippen MR) is 53.4 cm³/mol. The summed E-state index contributed by atoms with van der Waals surface area (Å²) in [6.45, 7) is 7.91. The third-order valence-corrected chi connectivity index (χ3v) is 1.34. The fourth-order valence-electron chi connectivity index (χ4n) is 0.558. The van der Waals surface area contributed by atoms with E-state index < -0.39 is 6.10 Å². The van der Waals surface area contributed by atoms with Gasteiger partial charge in [-0.1, -0.05) is 6.10 Å². The molecule has 0 bridgehead atoms. The number of aliphatic hydroxyl groups is 1. The van der Waals surface area contributed by atoms with Crippen LogP contribution in [0.15, 0.2) is 0 Å². The Balaban J connectivity index is -0.000000180. The Morgan fingerprint density at radius 1 is 1.27 bits per heavy atom. The van der Waals surface area contributed by atoms with Gasteiger partial charge < -0.3 is 19.7 Å². The minimum atomic E-state index is -0.634. The van der Waals surface area contributed by atoms with Gasteiger partial charge in [-0.15, -0.1) is 0 Å². The molecule has 87 valence electrons. The summed E-state index contributed by atoms with van der Waals surface area (Å²) in [5.74, 6) is 0.0324. The van der Waals surface area contributed by atoms with E-state index >= 15 is 0 Å². The molecule has 1 N–H and O–H groups in total. The van der Waals surface area contributed by atoms with Gasteiger partial charge in [-0.2, -0.15) is 0 Å². The van der Waals surface area contributed by atoms with Crippen LogP contribution in [0.2, 0.25) is 0 Å². The van der Waals surface area contributed by atoms with Gasteiger partial charge in [-0.05, 0) is 0 Å². The number of rotatable bonds is 6. The molecule has 0 aromatic carbocycles. The first-order valence-corrected chi connectivity index (χ1v) is 4.49. The van der Waals surface area contributed by atoms with E-state index in [1.807, 2.05) is 0 Å². The molecule has 0 saturated heterocycles. The Hall–Kier alpha value is 0.684. The fraction of sp³-hybridized carbons (Fsp3) is 0.800. The topological polar surface area (TPSA) is 61.8 Å². The molecule has 4 nitrogen and oxygen atoms in total. The van der Waals surface area contributed by atoms with Crippen LogP contribution in [-0.4, -0.2) is 45.3 Å². The molecule has 0 heterocycles. The van der Waals surface area contributed by atoms with Gasteiger partial charge in [-0.3, -0.25) is 0 Å². The summed E-state index contributed by atoms with van der Waals surface area (Å²) in [5, 5.41) is 18.6. The third-order valence-electron chi connectivity index (χ3n) is 1.34. The van der Waals surface area contributed by atoms with Gasteiger partial charge in [-0.25, -0.2) is 0 Å². The van der Waals surface area contributed by atoms with Crippen LogP contribution in [0.1, 0.15) is 6.42 Å². The normalized spacial score (nSPS) is 13.1. The van der Waals surface area contributed by atoms with Crippen molar-refractivity contribution in [1.29, 1.82) is 0 Å². The largest absolute Gasteiger partial charge is 0.847 e. The SMILES string of the molecule is [CH2+]C(CO)COC.[CH2+]CC([O-])COC.[Y]. The van der Waals surface area contributed by atoms with Crippen molar-refractivity contribution in [3.8, 4) is 0 Å². The third kappa shape index (κ3) is 20.7. The molecule has 1 radical (unpaired) electrons. The maximum absolute atomic E-state index is 10.3. The minimum absolute atomic E-state index is 0. The van der Waals surface area contributed by atoms with Crippen LogP contribution in [-0.2, 0) is 42.2 Å². The van der Waals surface area contributed by atoms with Gasteiger partial charge in [0, 0.05) is 53.5 Å². The Bertz CT molecular complexity index is 91.4. The molecule has 0 aliphatic carbocycles. The molecule has 2 unspecified atom stereocenters. The number of methoxy groups -OCH3 is 2. The van der Waals surface area contributed by atoms with Gasteiger partial charge in [0.05, 0.1) is 33.5 Å². The van der Waals surface area contributed by atoms with Crippen molar-refractivity contribution in [2.75, 3.05) is 34.0 Å². The van der Waals surface area contributed by atoms with E-state index in [9.17, 15) is 5.11 Å². The molecule has 0 fully saturated rings. The van der Waals surface area contributed by atoms with Gasteiger partial charge in [0.2, 0.25) is 0 Å². The summed E-state index contributed by atoms with van der Waals surface area (Å²) in [7, 11) is 3.11. The first kappa shape index (κ1) is 21.0. The second-order valence-corrected chi connectivity index (χ2v) is 2.87. The maximum Gasteiger partial charge on any atom is 0.141 e. The van der Waals surface area contributed by atoms with E-state index in [-0.39, 0.29) is 51.8 Å². The molecule has 0 aromatic heterocycles. The standard InChI is InChI=1S/C5H11O2.C5H10O2.Y/c1-5(3-6)4-7-2;1-3-5(6)4-7-2;/h5-6H,1,3-4H2,2H3;5H,1,3-4H2,2H3;/q+1;;. The van der Waals surface area contributed by atoms with Crippen molar-refractivity contribution in [2.24, 2.45) is 5.92 Å². The smallest absolute Gasteiger partial charge is 0.141 e. The van der Waals surface area contributed by atoms with E-state index in [0.29, 0.717) is 13.0 Å². The summed E-state index contributed by atoms with van der Waals surface area (Å²) >= 11 is 0. The van der Waals surface area contributed by atoms with Crippen molar-refractivity contribution in [1.82, 2.24) is 0 Å². The van der Waals surface area contributed by atoms with Gasteiger partial charge in [0.1, 0.15) is 5.92 Å². The van der Waals surface area contributed by atoms with Crippen LogP contribution in [0.5, 0.6) is 0 Å². The van der Waals surface area contributed by atoms with Crippen LogP contribution >= 0.6 is 0 Å². The maximum atomic E-state index is 10.3. The molecule has 15 heavy (non-hydrogen) atoms. The molecular formula is C10H21O4Y+. The second-order valence-electron chi connectivity index (χ2n) is 2.87. The zero-order chi connectivity index (χ0) is 11.4. The van der Waals surface area contributed by atoms with Gasteiger partial charge >= 0.3 is 0 Å². The summed E-state index contributed by atoms with van der Waals surface area (Å²) in [4.78, 5) is 0. The first-order chi connectivity index (χ1) is 6.62. The fourth-order valence-corrected chi connectivity index (χ4v) is 0.558. The monoisotopic (exact) mass is 294 g/mol. The number of hydrogen-bond donors (Lipinski definition) is 1. The predicted octanol–water partition coefficient (Wildman–Crippen LogP) is -0.341. The van der Waals surface area contributed by atoms with Crippen molar-refractivity contribution in [3.05, 3.63) is 13.8 Å². The van der Waals surface area contributed by atoms with Crippen molar-refractivity contribution < 1.29 is 52.4 Å². The Morgan fingerprint density at radius 2 is 1.73 bits per heavy atom. The average molecular weight is 294 g/mol. The van der Waals surface area contributed by atoms with Gasteiger partial charge in [0.15, 0.2) is 0 Å². The van der Waals surface area contributed by atoms with Crippen LogP contribution in [0, 0.1) is 19.8 Å². The van der Waals surface area contributed by atoms with Crippen LogP contribution in [0.3, 0.4) is 0 Å². The zero-order valence-electron chi connectivity index (χ0n) is 9.65. The van der Waals surface area contributed by atoms with E-state index in [4.69, 9.17) is 5.11 Å². The Labute approximate surface area is 118 Å². The molecule has 0 saturated carbocycles. The molecule has 0 amide bonds. The summed E-state index contributed by atoms with van der Waals surface area (Å²) in [6.07, 6.45) is -0.224.